The van der Waals surface area contributed by atoms with Gasteiger partial charge < -0.3 is 5.32 Å². The van der Waals surface area contributed by atoms with Crippen LogP contribution in [0.3, 0.4) is 0 Å². The van der Waals surface area contributed by atoms with Gasteiger partial charge in [0.15, 0.2) is 0 Å². The van der Waals surface area contributed by atoms with Crippen LogP contribution in [0.1, 0.15) is 28.7 Å². The monoisotopic (exact) mass is 322 g/mol. The second-order valence-corrected chi connectivity index (χ2v) is 6.45. The lowest BCUT2D eigenvalue weighted by molar-refractivity contribution is -0.121. The Morgan fingerprint density at radius 2 is 1.50 bits per heavy atom. The Kier molecular flexibility index (Phi) is 4.14. The summed E-state index contributed by atoms with van der Waals surface area (Å²) in [5.41, 5.74) is 5.80. The normalized spacial score (nSPS) is 17.5. The Hall–Kier alpha value is -2.62. The number of amides is 2. The smallest absolute Gasteiger partial charge is 0.256 e. The third-order valence-electron chi connectivity index (χ3n) is 4.76. The summed E-state index contributed by atoms with van der Waals surface area (Å²) in [6, 6.07) is 11.2. The van der Waals surface area contributed by atoms with Crippen molar-refractivity contribution >= 4 is 23.2 Å². The van der Waals surface area contributed by atoms with Gasteiger partial charge in [-0.25, -0.2) is 4.90 Å². The van der Waals surface area contributed by atoms with Crippen LogP contribution >= 0.6 is 0 Å². The van der Waals surface area contributed by atoms with Gasteiger partial charge in [-0.2, -0.15) is 0 Å². The van der Waals surface area contributed by atoms with E-state index in [1.54, 1.807) is 0 Å². The van der Waals surface area contributed by atoms with E-state index in [9.17, 15) is 9.59 Å². The Morgan fingerprint density at radius 1 is 0.917 bits per heavy atom. The molecule has 1 aliphatic heterocycles. The van der Waals surface area contributed by atoms with Crippen LogP contribution in [-0.2, 0) is 9.59 Å². The standard InChI is InChI=1S/C20H22N2O2/c1-12-7-6-10-17(15(12)4)22-18(23)11-16(20(22)24)21-19-13(2)8-5-9-14(19)3/h5-10,16,21H,11H2,1-4H3/t16-/m1/s1. The second-order valence-electron chi connectivity index (χ2n) is 6.45. The number of benzene rings is 2. The maximum Gasteiger partial charge on any atom is 0.256 e. The van der Waals surface area contributed by atoms with Gasteiger partial charge in [0.2, 0.25) is 5.91 Å². The van der Waals surface area contributed by atoms with E-state index in [0.29, 0.717) is 5.69 Å². The van der Waals surface area contributed by atoms with Crippen molar-refractivity contribution < 1.29 is 9.59 Å². The molecule has 0 bridgehead atoms. The zero-order valence-electron chi connectivity index (χ0n) is 14.5. The highest BCUT2D eigenvalue weighted by Crippen LogP contribution is 2.30. The zero-order valence-corrected chi connectivity index (χ0v) is 14.5. The molecule has 0 saturated carbocycles. The molecule has 1 heterocycles. The third kappa shape index (κ3) is 2.68. The molecule has 0 aliphatic carbocycles. The first-order chi connectivity index (χ1) is 11.4. The molecule has 1 N–H and O–H groups in total. The number of anilines is 2. The zero-order chi connectivity index (χ0) is 17.4. The van der Waals surface area contributed by atoms with E-state index < -0.39 is 6.04 Å². The number of nitrogens with zero attached hydrogens (tertiary/aromatic N) is 1. The first kappa shape index (κ1) is 16.2. The minimum absolute atomic E-state index is 0.155. The van der Waals surface area contributed by atoms with E-state index in [4.69, 9.17) is 0 Å². The van der Waals surface area contributed by atoms with Crippen molar-refractivity contribution in [3.05, 3.63) is 58.7 Å². The van der Waals surface area contributed by atoms with Crippen LogP contribution in [0.4, 0.5) is 11.4 Å². The molecule has 0 aromatic heterocycles. The van der Waals surface area contributed by atoms with E-state index in [2.05, 4.69) is 5.32 Å². The summed E-state index contributed by atoms with van der Waals surface area (Å²) in [6.45, 7) is 7.92. The van der Waals surface area contributed by atoms with E-state index >= 15 is 0 Å². The van der Waals surface area contributed by atoms with Gasteiger partial charge in [-0.05, 0) is 56.0 Å². The maximum atomic E-state index is 12.8. The van der Waals surface area contributed by atoms with Crippen LogP contribution in [0.25, 0.3) is 0 Å². The molecule has 0 unspecified atom stereocenters. The Labute approximate surface area is 142 Å². The van der Waals surface area contributed by atoms with Gasteiger partial charge in [0, 0.05) is 5.69 Å². The van der Waals surface area contributed by atoms with Crippen molar-refractivity contribution in [3.63, 3.8) is 0 Å². The minimum Gasteiger partial charge on any atom is -0.373 e. The summed E-state index contributed by atoms with van der Waals surface area (Å²) < 4.78 is 0. The molecule has 4 heteroatoms. The number of para-hydroxylation sites is 1. The quantitative estimate of drug-likeness (QED) is 0.877. The van der Waals surface area contributed by atoms with Crippen LogP contribution in [0.2, 0.25) is 0 Å². The van der Waals surface area contributed by atoms with E-state index in [0.717, 1.165) is 27.9 Å². The van der Waals surface area contributed by atoms with Crippen molar-refractivity contribution in [2.24, 2.45) is 0 Å². The first-order valence-corrected chi connectivity index (χ1v) is 8.16. The highest BCUT2D eigenvalue weighted by Gasteiger charge is 2.40. The highest BCUT2D eigenvalue weighted by molar-refractivity contribution is 6.23. The first-order valence-electron chi connectivity index (χ1n) is 8.16. The fourth-order valence-corrected chi connectivity index (χ4v) is 3.19. The number of rotatable bonds is 3. The molecular weight excluding hydrogens is 300 g/mol. The molecular formula is C20H22N2O2. The van der Waals surface area contributed by atoms with Gasteiger partial charge in [-0.1, -0.05) is 30.3 Å². The topological polar surface area (TPSA) is 49.4 Å². The summed E-state index contributed by atoms with van der Waals surface area (Å²) in [5, 5.41) is 3.28. The Balaban J connectivity index is 1.91. The summed E-state index contributed by atoms with van der Waals surface area (Å²) >= 11 is 0. The molecule has 2 aromatic rings. The lowest BCUT2D eigenvalue weighted by atomic mass is 10.1. The Morgan fingerprint density at radius 3 is 2.17 bits per heavy atom. The molecule has 3 rings (SSSR count). The Bertz CT molecular complexity index is 806. The number of hydrogen-bond acceptors (Lipinski definition) is 3. The molecule has 1 atom stereocenters. The molecule has 24 heavy (non-hydrogen) atoms. The maximum absolute atomic E-state index is 12.8. The van der Waals surface area contributed by atoms with Crippen molar-refractivity contribution in [3.8, 4) is 0 Å². The fraction of sp³-hybridized carbons (Fsp3) is 0.300. The van der Waals surface area contributed by atoms with Crippen molar-refractivity contribution in [1.29, 1.82) is 0 Å². The predicted molar refractivity (Wildman–Crippen MR) is 96.4 cm³/mol. The third-order valence-corrected chi connectivity index (χ3v) is 4.76. The lowest BCUT2D eigenvalue weighted by Gasteiger charge is -2.20. The fourth-order valence-electron chi connectivity index (χ4n) is 3.19. The minimum atomic E-state index is -0.516. The molecule has 0 spiro atoms. The number of carbonyl (C=O) groups is 2. The van der Waals surface area contributed by atoms with Crippen LogP contribution < -0.4 is 10.2 Å². The van der Waals surface area contributed by atoms with Gasteiger partial charge >= 0.3 is 0 Å². The summed E-state index contributed by atoms with van der Waals surface area (Å²) in [5.74, 6) is -0.339. The number of aryl methyl sites for hydroxylation is 3. The lowest BCUT2D eigenvalue weighted by Crippen LogP contribution is -2.35. The van der Waals surface area contributed by atoms with Gasteiger partial charge in [0.1, 0.15) is 6.04 Å². The largest absolute Gasteiger partial charge is 0.373 e. The molecule has 124 valence electrons. The van der Waals surface area contributed by atoms with E-state index in [-0.39, 0.29) is 18.2 Å². The molecule has 1 aliphatic rings. The summed E-state index contributed by atoms with van der Waals surface area (Å²) in [7, 11) is 0. The number of hydrogen-bond donors (Lipinski definition) is 1. The number of carbonyl (C=O) groups excluding carboxylic acids is 2. The average molecular weight is 322 g/mol. The van der Waals surface area contributed by atoms with Crippen LogP contribution in [-0.4, -0.2) is 17.9 Å². The van der Waals surface area contributed by atoms with Gasteiger partial charge in [-0.3, -0.25) is 9.59 Å². The molecule has 2 aromatic carbocycles. The highest BCUT2D eigenvalue weighted by atomic mass is 16.2. The number of imide groups is 1. The molecule has 1 saturated heterocycles. The molecule has 1 fully saturated rings. The van der Waals surface area contributed by atoms with Gasteiger partial charge in [0.05, 0.1) is 12.1 Å². The van der Waals surface area contributed by atoms with Crippen molar-refractivity contribution in [2.75, 3.05) is 10.2 Å². The number of nitrogens with one attached hydrogen (secondary N) is 1. The van der Waals surface area contributed by atoms with E-state index in [1.165, 1.54) is 4.90 Å². The molecule has 4 nitrogen and oxygen atoms in total. The SMILES string of the molecule is Cc1cccc(N2C(=O)C[C@@H](Nc3c(C)cccc3C)C2=O)c1C. The predicted octanol–water partition coefficient (Wildman–Crippen LogP) is 3.66. The summed E-state index contributed by atoms with van der Waals surface area (Å²) in [6.07, 6.45) is 0.181. The van der Waals surface area contributed by atoms with Gasteiger partial charge in [-0.15, -0.1) is 0 Å². The van der Waals surface area contributed by atoms with E-state index in [1.807, 2.05) is 64.1 Å². The van der Waals surface area contributed by atoms with Crippen LogP contribution in [0.15, 0.2) is 36.4 Å². The second kappa shape index (κ2) is 6.11. The van der Waals surface area contributed by atoms with Crippen molar-refractivity contribution in [2.45, 2.75) is 40.2 Å². The van der Waals surface area contributed by atoms with Crippen molar-refractivity contribution in [1.82, 2.24) is 0 Å². The van der Waals surface area contributed by atoms with Gasteiger partial charge in [0.25, 0.3) is 5.91 Å². The average Bonchev–Trinajstić information content (AvgIpc) is 2.80. The van der Waals surface area contributed by atoms with Crippen LogP contribution in [0, 0.1) is 27.7 Å². The summed E-state index contributed by atoms with van der Waals surface area (Å²) in [4.78, 5) is 26.7. The molecule has 0 radical (unpaired) electrons. The van der Waals surface area contributed by atoms with Crippen LogP contribution in [0.5, 0.6) is 0 Å². The molecule has 2 amide bonds.